The number of amides is 2. The number of amidine groups is 1. The Morgan fingerprint density at radius 3 is 2.90 bits per heavy atom. The summed E-state index contributed by atoms with van der Waals surface area (Å²) in [5, 5.41) is 8.22. The summed E-state index contributed by atoms with van der Waals surface area (Å²) < 4.78 is 0.738. The summed E-state index contributed by atoms with van der Waals surface area (Å²) in [6.07, 6.45) is -0.201. The van der Waals surface area contributed by atoms with E-state index in [-0.39, 0.29) is 18.4 Å². The van der Waals surface area contributed by atoms with Crippen LogP contribution in [-0.2, 0) is 0 Å². The molecule has 53 valence electrons. The number of nitrogens with zero attached hydrogens (tertiary/aromatic N) is 1. The molecule has 2 unspecified atom stereocenters. The van der Waals surface area contributed by atoms with Crippen LogP contribution >= 0.6 is 0 Å². The molecule has 1 radical (unpaired) electrons. The second-order valence-corrected chi connectivity index (χ2v) is 2.93. The van der Waals surface area contributed by atoms with E-state index in [1.54, 1.807) is 0 Å². The summed E-state index contributed by atoms with van der Waals surface area (Å²) in [6, 6.07) is -0.168. The Hall–Kier alpha value is -0.741. The average Bonchev–Trinajstić information content (AvgIpc) is 2.21. The van der Waals surface area contributed by atoms with Crippen molar-refractivity contribution in [1.82, 2.24) is 16.0 Å². The first kappa shape index (κ1) is 6.00. The molecule has 2 amide bonds. The van der Waals surface area contributed by atoms with Gasteiger partial charge in [-0.15, -0.1) is 0 Å². The number of rotatable bonds is 0. The topological polar surface area (TPSA) is 65.5 Å². The van der Waals surface area contributed by atoms with Gasteiger partial charge in [0.15, 0.2) is 0 Å². The Morgan fingerprint density at radius 2 is 2.20 bits per heavy atom. The number of hydrogen-bond donors (Lipinski definition) is 3. The van der Waals surface area contributed by atoms with Crippen LogP contribution in [-0.4, -0.2) is 39.1 Å². The Bertz CT molecular complexity index is 215. The SMILES string of the molecule is O=C1NC2N=C([Se])NC2N1. The molecular weight excluding hydrogens is 199 g/mol. The maximum atomic E-state index is 10.6. The van der Waals surface area contributed by atoms with E-state index in [0.29, 0.717) is 0 Å². The molecule has 2 heterocycles. The average molecular weight is 204 g/mol. The first-order valence-corrected chi connectivity index (χ1v) is 3.70. The third kappa shape index (κ3) is 0.767. The zero-order valence-corrected chi connectivity index (χ0v) is 6.63. The quantitative estimate of drug-likeness (QED) is 0.403. The minimum absolute atomic E-state index is 0.0660. The molecular formula is C4H5N4OSe. The monoisotopic (exact) mass is 205 g/mol. The standard InChI is InChI=1S/C4H5N4OSe/c9-3-5-1-2(6-3)8-4(10)7-1/h1-2H,(H,7,8)(H2,5,6,9). The number of aliphatic imine (C=N–C) groups is 1. The van der Waals surface area contributed by atoms with Crippen LogP contribution in [0.2, 0.25) is 0 Å². The van der Waals surface area contributed by atoms with Crippen molar-refractivity contribution in [1.29, 1.82) is 0 Å². The number of hydrogen-bond acceptors (Lipinski definition) is 3. The molecule has 2 aliphatic rings. The summed E-state index contributed by atoms with van der Waals surface area (Å²) in [6.45, 7) is 0. The van der Waals surface area contributed by atoms with E-state index in [0.717, 1.165) is 4.73 Å². The van der Waals surface area contributed by atoms with Crippen molar-refractivity contribution in [3.63, 3.8) is 0 Å². The van der Waals surface area contributed by atoms with Crippen molar-refractivity contribution in [3.05, 3.63) is 0 Å². The molecule has 0 aromatic heterocycles. The third-order valence-corrected chi connectivity index (χ3v) is 1.89. The zero-order valence-electron chi connectivity index (χ0n) is 4.92. The number of fused-ring (bicyclic) bond motifs is 1. The summed E-state index contributed by atoms with van der Waals surface area (Å²) in [5.41, 5.74) is 0. The Morgan fingerprint density at radius 1 is 1.40 bits per heavy atom. The van der Waals surface area contributed by atoms with Crippen molar-refractivity contribution in [2.45, 2.75) is 12.3 Å². The van der Waals surface area contributed by atoms with Crippen LogP contribution in [0.1, 0.15) is 0 Å². The van der Waals surface area contributed by atoms with E-state index >= 15 is 0 Å². The van der Waals surface area contributed by atoms with Gasteiger partial charge >= 0.3 is 64.8 Å². The molecule has 3 N–H and O–H groups in total. The van der Waals surface area contributed by atoms with Crippen molar-refractivity contribution in [2.24, 2.45) is 4.99 Å². The maximum absolute atomic E-state index is 10.6. The fourth-order valence-corrected chi connectivity index (χ4v) is 1.50. The Kier molecular flexibility index (Phi) is 1.12. The van der Waals surface area contributed by atoms with Gasteiger partial charge in [0.25, 0.3) is 0 Å². The van der Waals surface area contributed by atoms with Gasteiger partial charge in [0, 0.05) is 0 Å². The van der Waals surface area contributed by atoms with E-state index in [4.69, 9.17) is 0 Å². The summed E-state index contributed by atoms with van der Waals surface area (Å²) in [7, 11) is 0. The molecule has 0 aromatic rings. The van der Waals surface area contributed by atoms with Crippen LogP contribution in [0.25, 0.3) is 0 Å². The molecule has 0 saturated carbocycles. The molecule has 6 heteroatoms. The van der Waals surface area contributed by atoms with Crippen LogP contribution in [0, 0.1) is 0 Å². The van der Waals surface area contributed by atoms with Gasteiger partial charge in [0.1, 0.15) is 0 Å². The van der Waals surface area contributed by atoms with Crippen molar-refractivity contribution in [2.75, 3.05) is 0 Å². The molecule has 1 saturated heterocycles. The van der Waals surface area contributed by atoms with Gasteiger partial charge in [-0.2, -0.15) is 0 Å². The predicted molar refractivity (Wildman–Crippen MR) is 35.6 cm³/mol. The zero-order chi connectivity index (χ0) is 7.14. The number of urea groups is 1. The van der Waals surface area contributed by atoms with Gasteiger partial charge in [-0.3, -0.25) is 0 Å². The van der Waals surface area contributed by atoms with Gasteiger partial charge in [-0.05, 0) is 0 Å². The number of carbonyl (C=O) groups excluding carboxylic acids is 1. The number of nitrogens with one attached hydrogen (secondary N) is 3. The first-order valence-electron chi connectivity index (χ1n) is 2.84. The van der Waals surface area contributed by atoms with Crippen LogP contribution in [0.3, 0.4) is 0 Å². The summed E-state index contributed by atoms with van der Waals surface area (Å²) in [5.74, 6) is 0. The van der Waals surface area contributed by atoms with Crippen LogP contribution in [0.4, 0.5) is 4.79 Å². The van der Waals surface area contributed by atoms with Crippen molar-refractivity contribution >= 4 is 26.8 Å². The molecule has 0 aliphatic carbocycles. The fraction of sp³-hybridized carbons (Fsp3) is 0.500. The van der Waals surface area contributed by atoms with Gasteiger partial charge in [0.2, 0.25) is 0 Å². The van der Waals surface area contributed by atoms with E-state index < -0.39 is 0 Å². The van der Waals surface area contributed by atoms with Crippen LogP contribution in [0.5, 0.6) is 0 Å². The van der Waals surface area contributed by atoms with E-state index in [9.17, 15) is 4.79 Å². The van der Waals surface area contributed by atoms with Crippen LogP contribution < -0.4 is 16.0 Å². The normalized spacial score (nSPS) is 35.6. The van der Waals surface area contributed by atoms with Crippen LogP contribution in [0.15, 0.2) is 4.99 Å². The molecule has 0 bridgehead atoms. The predicted octanol–water partition coefficient (Wildman–Crippen LogP) is -1.92. The Labute approximate surface area is 65.5 Å². The fourth-order valence-electron chi connectivity index (χ4n) is 0.998. The third-order valence-electron chi connectivity index (χ3n) is 1.42. The van der Waals surface area contributed by atoms with E-state index in [2.05, 4.69) is 37.0 Å². The summed E-state index contributed by atoms with van der Waals surface area (Å²) in [4.78, 5) is 14.7. The van der Waals surface area contributed by atoms with Crippen molar-refractivity contribution in [3.8, 4) is 0 Å². The second kappa shape index (κ2) is 1.87. The Balaban J connectivity index is 2.17. The molecule has 0 spiro atoms. The van der Waals surface area contributed by atoms with Gasteiger partial charge in [-0.25, -0.2) is 0 Å². The molecule has 2 atom stereocenters. The molecule has 10 heavy (non-hydrogen) atoms. The molecule has 2 aliphatic heterocycles. The van der Waals surface area contributed by atoms with E-state index in [1.807, 2.05) is 0 Å². The van der Waals surface area contributed by atoms with Gasteiger partial charge in [0.05, 0.1) is 0 Å². The first-order chi connectivity index (χ1) is 4.75. The minimum atomic E-state index is -0.168. The van der Waals surface area contributed by atoms with Gasteiger partial charge in [-0.1, -0.05) is 0 Å². The molecule has 5 nitrogen and oxygen atoms in total. The molecule has 2 rings (SSSR count). The van der Waals surface area contributed by atoms with Gasteiger partial charge < -0.3 is 0 Å². The number of carbonyl (C=O) groups is 1. The van der Waals surface area contributed by atoms with E-state index in [1.165, 1.54) is 0 Å². The van der Waals surface area contributed by atoms with Crippen molar-refractivity contribution < 1.29 is 4.79 Å². The second-order valence-electron chi connectivity index (χ2n) is 2.12. The molecule has 0 aromatic carbocycles. The molecule has 1 fully saturated rings. The summed E-state index contributed by atoms with van der Waals surface area (Å²) >= 11 is 2.73.